The van der Waals surface area contributed by atoms with Gasteiger partial charge in [0, 0.05) is 17.7 Å². The van der Waals surface area contributed by atoms with Gasteiger partial charge in [0.2, 0.25) is 5.91 Å². The summed E-state index contributed by atoms with van der Waals surface area (Å²) in [7, 11) is -0.158. The lowest BCUT2D eigenvalue weighted by atomic mass is 9.83. The summed E-state index contributed by atoms with van der Waals surface area (Å²) in [6, 6.07) is 9.27. The maximum absolute atomic E-state index is 13.6. The molecule has 2 aliphatic rings. The highest BCUT2D eigenvalue weighted by atomic mass is 28.3. The summed E-state index contributed by atoms with van der Waals surface area (Å²) in [6.07, 6.45) is 2.18. The summed E-state index contributed by atoms with van der Waals surface area (Å²) in [5, 5.41) is 10.4. The Balaban J connectivity index is 1.55. The molecule has 0 spiro atoms. The Hall–Kier alpha value is -2.65. The van der Waals surface area contributed by atoms with Crippen LogP contribution in [0.2, 0.25) is 24.7 Å². The van der Waals surface area contributed by atoms with E-state index in [0.717, 1.165) is 30.5 Å². The number of carbonyl (C=O) groups excluding carboxylic acids is 2. The smallest absolute Gasteiger partial charge is 0.267 e. The van der Waals surface area contributed by atoms with Gasteiger partial charge in [0.05, 0.1) is 32.5 Å². The number of ether oxygens (including phenoxy) is 2. The van der Waals surface area contributed by atoms with Crippen LogP contribution in [0.4, 0.5) is 5.82 Å². The Bertz CT molecular complexity index is 1060. The molecule has 34 heavy (non-hydrogen) atoms. The highest BCUT2D eigenvalue weighted by Gasteiger charge is 2.54. The van der Waals surface area contributed by atoms with Gasteiger partial charge in [-0.2, -0.15) is 5.10 Å². The first kappa shape index (κ1) is 24.5. The van der Waals surface area contributed by atoms with Gasteiger partial charge in [-0.25, -0.2) is 0 Å². The number of benzene rings is 1. The molecule has 0 bridgehead atoms. The molecule has 2 aromatic rings. The molecule has 2 heterocycles. The average molecular weight is 485 g/mol. The zero-order chi connectivity index (χ0) is 24.7. The Morgan fingerprint density at radius 3 is 2.44 bits per heavy atom. The summed E-state index contributed by atoms with van der Waals surface area (Å²) in [5.41, 5.74) is 1.05. The molecule has 1 aromatic carbocycles. The van der Waals surface area contributed by atoms with Gasteiger partial charge in [0.25, 0.3) is 5.91 Å². The van der Waals surface area contributed by atoms with E-state index in [-0.39, 0.29) is 23.5 Å². The Morgan fingerprint density at radius 2 is 1.88 bits per heavy atom. The fourth-order valence-electron chi connectivity index (χ4n) is 5.19. The van der Waals surface area contributed by atoms with Gasteiger partial charge in [-0.1, -0.05) is 44.3 Å². The van der Waals surface area contributed by atoms with E-state index in [0.29, 0.717) is 18.1 Å². The van der Waals surface area contributed by atoms with Crippen LogP contribution in [0, 0.1) is 0 Å². The van der Waals surface area contributed by atoms with Crippen LogP contribution in [-0.4, -0.2) is 54.8 Å². The Labute approximate surface area is 202 Å². The minimum Gasteiger partial charge on any atom is -0.478 e. The lowest BCUT2D eigenvalue weighted by Crippen LogP contribution is -2.52. The van der Waals surface area contributed by atoms with Gasteiger partial charge >= 0.3 is 0 Å². The number of methoxy groups -OCH3 is 1. The monoisotopic (exact) mass is 484 g/mol. The number of carbonyl (C=O) groups is 2. The van der Waals surface area contributed by atoms with Crippen LogP contribution in [-0.2, 0) is 26.4 Å². The number of aromatic amines is 1. The van der Waals surface area contributed by atoms with Crippen LogP contribution in [0.1, 0.15) is 44.4 Å². The summed E-state index contributed by atoms with van der Waals surface area (Å²) in [4.78, 5) is 28.8. The second-order valence-electron chi connectivity index (χ2n) is 10.9. The molecule has 1 aromatic heterocycles. The molecule has 184 valence electrons. The zero-order valence-electron chi connectivity index (χ0n) is 21.0. The number of fused-ring (bicyclic) bond motifs is 1. The predicted molar refractivity (Wildman–Crippen MR) is 133 cm³/mol. The van der Waals surface area contributed by atoms with Crippen LogP contribution >= 0.6 is 0 Å². The second-order valence-corrected chi connectivity index (χ2v) is 16.4. The maximum atomic E-state index is 13.6. The van der Waals surface area contributed by atoms with Crippen molar-refractivity contribution in [2.45, 2.75) is 76.0 Å². The fourth-order valence-corrected chi connectivity index (χ4v) is 7.79. The zero-order valence-corrected chi connectivity index (χ0v) is 22.0. The van der Waals surface area contributed by atoms with Crippen LogP contribution in [0.25, 0.3) is 0 Å². The van der Waals surface area contributed by atoms with Gasteiger partial charge in [0.15, 0.2) is 11.9 Å². The van der Waals surface area contributed by atoms with Crippen molar-refractivity contribution in [3.05, 3.63) is 41.6 Å². The molecule has 0 saturated heterocycles. The minimum absolute atomic E-state index is 0.0690. The predicted octanol–water partition coefficient (Wildman–Crippen LogP) is 4.28. The van der Waals surface area contributed by atoms with Crippen LogP contribution in [0.15, 0.2) is 30.3 Å². The van der Waals surface area contributed by atoms with Crippen molar-refractivity contribution < 1.29 is 19.1 Å². The highest BCUT2D eigenvalue weighted by molar-refractivity contribution is 6.83. The van der Waals surface area contributed by atoms with Crippen molar-refractivity contribution in [1.82, 2.24) is 15.1 Å². The summed E-state index contributed by atoms with van der Waals surface area (Å²) in [5.74, 6) is 1.04. The Kier molecular flexibility index (Phi) is 6.37. The van der Waals surface area contributed by atoms with Crippen LogP contribution in [0.5, 0.6) is 5.75 Å². The summed E-state index contributed by atoms with van der Waals surface area (Å²) in [6.45, 7) is 11.2. The number of amides is 2. The van der Waals surface area contributed by atoms with Crippen molar-refractivity contribution in [2.75, 3.05) is 19.0 Å². The van der Waals surface area contributed by atoms with Crippen molar-refractivity contribution in [3.8, 4) is 5.75 Å². The third-order valence-electron chi connectivity index (χ3n) is 7.66. The normalized spacial score (nSPS) is 19.2. The SMILES string of the molecule is COCC(Oc1ccccc1)C(=O)N1Cc2c(NC(=O)C3([Si](C)(C)C)CCC3)n[nH]c2C1(C)C. The first-order chi connectivity index (χ1) is 16.0. The van der Waals surface area contributed by atoms with Crippen molar-refractivity contribution in [2.24, 2.45) is 0 Å². The Morgan fingerprint density at radius 1 is 1.21 bits per heavy atom. The summed E-state index contributed by atoms with van der Waals surface area (Å²) < 4.78 is 11.3. The van der Waals surface area contributed by atoms with Gasteiger partial charge < -0.3 is 19.7 Å². The molecule has 1 aliphatic carbocycles. The van der Waals surface area contributed by atoms with E-state index in [9.17, 15) is 9.59 Å². The standard InChI is InChI=1S/C25H36N4O4Si/c1-24(2)20-18(21(28-27-20)26-23(31)25(13-10-14-25)34(4,5)6)15-29(24)22(30)19(16-32-3)33-17-11-8-7-9-12-17/h7-9,11-12,19H,10,13-16H2,1-6H3,(H2,26,27,28,31). The van der Waals surface area contributed by atoms with Gasteiger partial charge in [-0.3, -0.25) is 14.7 Å². The van der Waals surface area contributed by atoms with E-state index < -0.39 is 19.7 Å². The lowest BCUT2D eigenvalue weighted by molar-refractivity contribution is -0.146. The van der Waals surface area contributed by atoms with E-state index in [2.05, 4.69) is 35.2 Å². The molecular weight excluding hydrogens is 448 g/mol. The lowest BCUT2D eigenvalue weighted by Gasteiger charge is -2.48. The van der Waals surface area contributed by atoms with Crippen LogP contribution in [0.3, 0.4) is 0 Å². The first-order valence-electron chi connectivity index (χ1n) is 11.9. The van der Waals surface area contributed by atoms with Crippen molar-refractivity contribution in [3.63, 3.8) is 0 Å². The molecule has 1 atom stereocenters. The number of rotatable bonds is 8. The van der Waals surface area contributed by atoms with Crippen LogP contribution < -0.4 is 10.1 Å². The number of hydrogen-bond donors (Lipinski definition) is 2. The van der Waals surface area contributed by atoms with E-state index in [1.54, 1.807) is 12.0 Å². The van der Waals surface area contributed by atoms with Crippen molar-refractivity contribution in [1.29, 1.82) is 0 Å². The average Bonchev–Trinajstić information content (AvgIpc) is 3.24. The highest BCUT2D eigenvalue weighted by Crippen LogP contribution is 2.56. The molecule has 1 saturated carbocycles. The third-order valence-corrected chi connectivity index (χ3v) is 11.3. The quantitative estimate of drug-likeness (QED) is 0.545. The van der Waals surface area contributed by atoms with Gasteiger partial charge in [0.1, 0.15) is 5.75 Å². The topological polar surface area (TPSA) is 96.6 Å². The molecule has 8 nitrogen and oxygen atoms in total. The van der Waals surface area contributed by atoms with Gasteiger partial charge in [-0.15, -0.1) is 0 Å². The molecular formula is C25H36N4O4Si. The largest absolute Gasteiger partial charge is 0.478 e. The number of nitrogens with one attached hydrogen (secondary N) is 2. The van der Waals surface area contributed by atoms with E-state index >= 15 is 0 Å². The van der Waals surface area contributed by atoms with Gasteiger partial charge in [-0.05, 0) is 38.8 Å². The third kappa shape index (κ3) is 4.05. The maximum Gasteiger partial charge on any atom is 0.267 e. The number of aromatic nitrogens is 2. The number of anilines is 1. The first-order valence-corrected chi connectivity index (χ1v) is 15.4. The minimum atomic E-state index is -1.71. The van der Waals surface area contributed by atoms with E-state index in [1.807, 2.05) is 44.2 Å². The molecule has 2 N–H and O–H groups in total. The number of nitrogens with zero attached hydrogens (tertiary/aromatic N) is 2. The number of hydrogen-bond acceptors (Lipinski definition) is 5. The molecule has 1 unspecified atom stereocenters. The summed E-state index contributed by atoms with van der Waals surface area (Å²) >= 11 is 0. The number of H-pyrrole nitrogens is 1. The molecule has 4 rings (SSSR count). The van der Waals surface area contributed by atoms with Crippen molar-refractivity contribution >= 4 is 25.7 Å². The molecule has 1 fully saturated rings. The molecule has 2 amide bonds. The van der Waals surface area contributed by atoms with E-state index in [4.69, 9.17) is 9.47 Å². The van der Waals surface area contributed by atoms with E-state index in [1.165, 1.54) is 0 Å². The fraction of sp³-hybridized carbons (Fsp3) is 0.560. The second kappa shape index (κ2) is 8.85. The molecule has 1 aliphatic heterocycles. The number of para-hydroxylation sites is 1. The molecule has 9 heteroatoms. The molecule has 0 radical (unpaired) electrons.